The van der Waals surface area contributed by atoms with Gasteiger partial charge in [0.15, 0.2) is 11.5 Å². The zero-order valence-electron chi connectivity index (χ0n) is 18.6. The van der Waals surface area contributed by atoms with Crippen LogP contribution >= 0.6 is 0 Å². The summed E-state index contributed by atoms with van der Waals surface area (Å²) in [7, 11) is 0. The molecule has 2 amide bonds. The van der Waals surface area contributed by atoms with Gasteiger partial charge in [0.05, 0.1) is 19.4 Å². The van der Waals surface area contributed by atoms with Gasteiger partial charge in [0.2, 0.25) is 0 Å². The van der Waals surface area contributed by atoms with Crippen LogP contribution in [0, 0.1) is 5.92 Å². The topological polar surface area (TPSA) is 89.0 Å². The van der Waals surface area contributed by atoms with E-state index in [0.717, 1.165) is 12.0 Å². The maximum atomic E-state index is 12.6. The molecule has 2 N–H and O–H groups in total. The molecule has 7 nitrogen and oxygen atoms in total. The van der Waals surface area contributed by atoms with Gasteiger partial charge in [0.25, 0.3) is 11.8 Å². The SMILES string of the molecule is CCCOc1ccc(/C=N/NC(=O)C(NC(=O)c2ccccc2)C(C)C)cc1OCC. The van der Waals surface area contributed by atoms with E-state index in [-0.39, 0.29) is 17.7 Å². The van der Waals surface area contributed by atoms with Gasteiger partial charge in [-0.1, -0.05) is 39.0 Å². The first-order chi connectivity index (χ1) is 15.0. The molecule has 0 bridgehead atoms. The molecule has 0 radical (unpaired) electrons. The van der Waals surface area contributed by atoms with E-state index in [0.29, 0.717) is 30.3 Å². The lowest BCUT2D eigenvalue weighted by Gasteiger charge is -2.20. The zero-order chi connectivity index (χ0) is 22.6. The molecule has 2 aromatic rings. The smallest absolute Gasteiger partial charge is 0.262 e. The molecule has 0 spiro atoms. The number of nitrogens with zero attached hydrogens (tertiary/aromatic N) is 1. The average molecular weight is 426 g/mol. The van der Waals surface area contributed by atoms with E-state index in [1.54, 1.807) is 30.3 Å². The van der Waals surface area contributed by atoms with Crippen molar-refractivity contribution in [2.45, 2.75) is 40.2 Å². The number of carbonyl (C=O) groups is 2. The second-order valence-electron chi connectivity index (χ2n) is 7.28. The molecule has 0 aliphatic heterocycles. The molecule has 0 aliphatic rings. The van der Waals surface area contributed by atoms with Gasteiger partial charge in [0.1, 0.15) is 6.04 Å². The van der Waals surface area contributed by atoms with Gasteiger partial charge in [-0.25, -0.2) is 5.43 Å². The van der Waals surface area contributed by atoms with Gasteiger partial charge in [-0.15, -0.1) is 0 Å². The molecule has 0 saturated heterocycles. The van der Waals surface area contributed by atoms with Gasteiger partial charge < -0.3 is 14.8 Å². The summed E-state index contributed by atoms with van der Waals surface area (Å²) in [6.07, 6.45) is 2.43. The molecule has 0 fully saturated rings. The summed E-state index contributed by atoms with van der Waals surface area (Å²) in [5.41, 5.74) is 3.76. The van der Waals surface area contributed by atoms with Crippen LogP contribution < -0.4 is 20.2 Å². The molecule has 2 aromatic carbocycles. The Morgan fingerprint density at radius 3 is 2.42 bits per heavy atom. The van der Waals surface area contributed by atoms with Crippen molar-refractivity contribution < 1.29 is 19.1 Å². The van der Waals surface area contributed by atoms with E-state index in [1.807, 2.05) is 45.9 Å². The number of ether oxygens (including phenoxy) is 2. The number of hydrogen-bond donors (Lipinski definition) is 2. The average Bonchev–Trinajstić information content (AvgIpc) is 2.77. The van der Waals surface area contributed by atoms with Crippen molar-refractivity contribution in [3.8, 4) is 11.5 Å². The fourth-order valence-corrected chi connectivity index (χ4v) is 2.79. The van der Waals surface area contributed by atoms with Crippen LogP contribution in [0.2, 0.25) is 0 Å². The van der Waals surface area contributed by atoms with Crippen LogP contribution in [0.25, 0.3) is 0 Å². The van der Waals surface area contributed by atoms with Crippen LogP contribution in [0.1, 0.15) is 50.0 Å². The Labute approximate surface area is 183 Å². The normalized spacial score (nSPS) is 11.9. The molecule has 31 heavy (non-hydrogen) atoms. The number of hydrazone groups is 1. The number of rotatable bonds is 11. The quantitative estimate of drug-likeness (QED) is 0.424. The van der Waals surface area contributed by atoms with Gasteiger partial charge in [0, 0.05) is 5.56 Å². The van der Waals surface area contributed by atoms with E-state index in [9.17, 15) is 9.59 Å². The summed E-state index contributed by atoms with van der Waals surface area (Å²) in [6, 6.07) is 13.5. The van der Waals surface area contributed by atoms with Crippen molar-refractivity contribution >= 4 is 18.0 Å². The lowest BCUT2D eigenvalue weighted by molar-refractivity contribution is -0.123. The van der Waals surface area contributed by atoms with Crippen molar-refractivity contribution in [3.63, 3.8) is 0 Å². The number of hydrogen-bond acceptors (Lipinski definition) is 5. The van der Waals surface area contributed by atoms with Crippen molar-refractivity contribution in [3.05, 3.63) is 59.7 Å². The summed E-state index contributed by atoms with van der Waals surface area (Å²) < 4.78 is 11.3. The number of nitrogens with one attached hydrogen (secondary N) is 2. The Balaban J connectivity index is 2.03. The highest BCUT2D eigenvalue weighted by molar-refractivity contribution is 5.97. The number of amides is 2. The van der Waals surface area contributed by atoms with E-state index in [1.165, 1.54) is 6.21 Å². The molecule has 1 unspecified atom stereocenters. The lowest BCUT2D eigenvalue weighted by atomic mass is 10.0. The van der Waals surface area contributed by atoms with Crippen molar-refractivity contribution in [1.29, 1.82) is 0 Å². The predicted octanol–water partition coefficient (Wildman–Crippen LogP) is 3.78. The van der Waals surface area contributed by atoms with Crippen LogP contribution in [-0.2, 0) is 4.79 Å². The maximum Gasteiger partial charge on any atom is 0.262 e. The summed E-state index contributed by atoms with van der Waals surface area (Å²) >= 11 is 0. The third-order valence-electron chi connectivity index (χ3n) is 4.39. The van der Waals surface area contributed by atoms with E-state index in [4.69, 9.17) is 9.47 Å². The molecular formula is C24H31N3O4. The van der Waals surface area contributed by atoms with Crippen molar-refractivity contribution in [2.24, 2.45) is 11.0 Å². The largest absolute Gasteiger partial charge is 0.490 e. The van der Waals surface area contributed by atoms with Crippen LogP contribution in [0.5, 0.6) is 11.5 Å². The monoisotopic (exact) mass is 425 g/mol. The van der Waals surface area contributed by atoms with E-state index in [2.05, 4.69) is 15.8 Å². The predicted molar refractivity (Wildman–Crippen MR) is 122 cm³/mol. The van der Waals surface area contributed by atoms with E-state index < -0.39 is 6.04 Å². The number of benzene rings is 2. The Hall–Kier alpha value is -3.35. The molecule has 1 atom stereocenters. The molecule has 0 heterocycles. The first-order valence-corrected chi connectivity index (χ1v) is 10.5. The molecule has 2 rings (SSSR count). The van der Waals surface area contributed by atoms with Crippen LogP contribution in [-0.4, -0.2) is 37.3 Å². The Bertz CT molecular complexity index is 882. The third-order valence-corrected chi connectivity index (χ3v) is 4.39. The van der Waals surface area contributed by atoms with Crippen LogP contribution in [0.15, 0.2) is 53.6 Å². The molecule has 7 heteroatoms. The molecular weight excluding hydrogens is 394 g/mol. The van der Waals surface area contributed by atoms with Crippen molar-refractivity contribution in [1.82, 2.24) is 10.7 Å². The molecule has 0 saturated carbocycles. The number of carbonyl (C=O) groups excluding carboxylic acids is 2. The minimum absolute atomic E-state index is 0.109. The standard InChI is InChI=1S/C24H31N3O4/c1-5-14-31-20-13-12-18(15-21(20)30-6-2)16-25-27-24(29)22(17(3)4)26-23(28)19-10-8-7-9-11-19/h7-13,15-17,22H,5-6,14H2,1-4H3,(H,26,28)(H,27,29)/b25-16+. The maximum absolute atomic E-state index is 12.6. The molecule has 0 aliphatic carbocycles. The van der Waals surface area contributed by atoms with Gasteiger partial charge in [-0.2, -0.15) is 5.10 Å². The highest BCUT2D eigenvalue weighted by Gasteiger charge is 2.24. The Morgan fingerprint density at radius 2 is 1.77 bits per heavy atom. The fraction of sp³-hybridized carbons (Fsp3) is 0.375. The van der Waals surface area contributed by atoms with Crippen molar-refractivity contribution in [2.75, 3.05) is 13.2 Å². The highest BCUT2D eigenvalue weighted by Crippen LogP contribution is 2.28. The zero-order valence-corrected chi connectivity index (χ0v) is 18.6. The van der Waals surface area contributed by atoms with Gasteiger partial charge in [-0.3, -0.25) is 9.59 Å². The van der Waals surface area contributed by atoms with Crippen LogP contribution in [0.4, 0.5) is 0 Å². The Kier molecular flexibility index (Phi) is 9.55. The summed E-state index contributed by atoms with van der Waals surface area (Å²) in [6.45, 7) is 8.79. The molecule has 0 aromatic heterocycles. The van der Waals surface area contributed by atoms with Gasteiger partial charge in [-0.05, 0) is 55.2 Å². The fourth-order valence-electron chi connectivity index (χ4n) is 2.79. The minimum Gasteiger partial charge on any atom is -0.490 e. The van der Waals surface area contributed by atoms with Crippen LogP contribution in [0.3, 0.4) is 0 Å². The minimum atomic E-state index is -0.714. The first-order valence-electron chi connectivity index (χ1n) is 10.5. The Morgan fingerprint density at radius 1 is 1.03 bits per heavy atom. The second kappa shape index (κ2) is 12.4. The summed E-state index contributed by atoms with van der Waals surface area (Å²) in [5, 5.41) is 6.82. The highest BCUT2D eigenvalue weighted by atomic mass is 16.5. The summed E-state index contributed by atoms with van der Waals surface area (Å²) in [5.74, 6) is 0.503. The van der Waals surface area contributed by atoms with Gasteiger partial charge >= 0.3 is 0 Å². The van der Waals surface area contributed by atoms with E-state index >= 15 is 0 Å². The third kappa shape index (κ3) is 7.44. The first kappa shape index (κ1) is 23.9. The second-order valence-corrected chi connectivity index (χ2v) is 7.28. The summed E-state index contributed by atoms with van der Waals surface area (Å²) in [4.78, 5) is 25.0. The molecule has 166 valence electrons. The lowest BCUT2D eigenvalue weighted by Crippen LogP contribution is -2.48.